The van der Waals surface area contributed by atoms with Crippen LogP contribution in [-0.2, 0) is 0 Å². The van der Waals surface area contributed by atoms with Crippen molar-refractivity contribution in [3.05, 3.63) is 35.9 Å². The van der Waals surface area contributed by atoms with Crippen LogP contribution < -0.4 is 9.47 Å². The Bertz CT molecular complexity index is 551. The molecule has 106 valence electrons. The molecule has 0 saturated heterocycles. The van der Waals surface area contributed by atoms with Gasteiger partial charge in [0.15, 0.2) is 11.5 Å². The number of hydrogen-bond donors (Lipinski definition) is 0. The number of carbonyl (C=O) groups excluding carboxylic acids is 1. The van der Waals surface area contributed by atoms with Gasteiger partial charge in [-0.3, -0.25) is 4.79 Å². The second kappa shape index (κ2) is 5.19. The summed E-state index contributed by atoms with van der Waals surface area (Å²) in [5.41, 5.74) is 0.656. The van der Waals surface area contributed by atoms with Crippen molar-refractivity contribution in [2.24, 2.45) is 5.92 Å². The molecule has 0 saturated carbocycles. The van der Waals surface area contributed by atoms with Crippen molar-refractivity contribution >= 4 is 5.91 Å². The third-order valence-corrected chi connectivity index (χ3v) is 3.73. The predicted octanol–water partition coefficient (Wildman–Crippen LogP) is 2.49. The SMILES string of the molecule is CC(C)[C@H]1C=CCN1C(=O)c1ccc2c(c1)OCCO2. The van der Waals surface area contributed by atoms with Gasteiger partial charge in [0.1, 0.15) is 13.2 Å². The van der Waals surface area contributed by atoms with Crippen molar-refractivity contribution in [1.82, 2.24) is 4.90 Å². The molecule has 2 aliphatic heterocycles. The lowest BCUT2D eigenvalue weighted by Crippen LogP contribution is -2.39. The van der Waals surface area contributed by atoms with E-state index in [-0.39, 0.29) is 11.9 Å². The van der Waals surface area contributed by atoms with Gasteiger partial charge in [-0.15, -0.1) is 0 Å². The molecule has 0 aliphatic carbocycles. The smallest absolute Gasteiger partial charge is 0.254 e. The Balaban J connectivity index is 1.84. The number of nitrogens with zero attached hydrogens (tertiary/aromatic N) is 1. The molecule has 1 atom stereocenters. The van der Waals surface area contributed by atoms with Crippen LogP contribution in [0, 0.1) is 5.92 Å². The number of hydrogen-bond acceptors (Lipinski definition) is 3. The highest BCUT2D eigenvalue weighted by atomic mass is 16.6. The summed E-state index contributed by atoms with van der Waals surface area (Å²) < 4.78 is 11.0. The maximum Gasteiger partial charge on any atom is 0.254 e. The molecular weight excluding hydrogens is 254 g/mol. The zero-order valence-corrected chi connectivity index (χ0v) is 11.8. The van der Waals surface area contributed by atoms with Crippen LogP contribution in [0.1, 0.15) is 24.2 Å². The average Bonchev–Trinajstić information content (AvgIpc) is 2.95. The van der Waals surface area contributed by atoms with E-state index in [9.17, 15) is 4.79 Å². The van der Waals surface area contributed by atoms with Gasteiger partial charge in [0.2, 0.25) is 0 Å². The summed E-state index contributed by atoms with van der Waals surface area (Å²) in [7, 11) is 0. The van der Waals surface area contributed by atoms with Gasteiger partial charge < -0.3 is 14.4 Å². The van der Waals surface area contributed by atoms with Crippen molar-refractivity contribution in [3.63, 3.8) is 0 Å². The number of amides is 1. The Morgan fingerprint density at radius 3 is 2.75 bits per heavy atom. The number of benzene rings is 1. The number of rotatable bonds is 2. The molecule has 20 heavy (non-hydrogen) atoms. The summed E-state index contributed by atoms with van der Waals surface area (Å²) in [6.07, 6.45) is 4.17. The lowest BCUT2D eigenvalue weighted by Gasteiger charge is -2.28. The van der Waals surface area contributed by atoms with Crippen molar-refractivity contribution in [1.29, 1.82) is 0 Å². The fraction of sp³-hybridized carbons (Fsp3) is 0.438. The molecule has 1 aromatic rings. The van der Waals surface area contributed by atoms with Crippen molar-refractivity contribution in [3.8, 4) is 11.5 Å². The van der Waals surface area contributed by atoms with E-state index in [1.165, 1.54) is 0 Å². The molecule has 4 nitrogen and oxygen atoms in total. The topological polar surface area (TPSA) is 38.8 Å². The largest absolute Gasteiger partial charge is 0.486 e. The maximum absolute atomic E-state index is 12.6. The molecule has 0 N–H and O–H groups in total. The van der Waals surface area contributed by atoms with Gasteiger partial charge in [-0.25, -0.2) is 0 Å². The molecule has 4 heteroatoms. The van der Waals surface area contributed by atoms with Crippen LogP contribution in [0.4, 0.5) is 0 Å². The fourth-order valence-corrected chi connectivity index (χ4v) is 2.68. The van der Waals surface area contributed by atoms with Crippen LogP contribution in [0.15, 0.2) is 30.4 Å². The number of carbonyl (C=O) groups is 1. The van der Waals surface area contributed by atoms with E-state index < -0.39 is 0 Å². The van der Waals surface area contributed by atoms with Crippen LogP contribution >= 0.6 is 0 Å². The van der Waals surface area contributed by atoms with Crippen molar-refractivity contribution in [2.75, 3.05) is 19.8 Å². The Kier molecular flexibility index (Phi) is 3.38. The Hall–Kier alpha value is -1.97. The highest BCUT2D eigenvalue weighted by Crippen LogP contribution is 2.31. The molecule has 0 spiro atoms. The monoisotopic (exact) mass is 273 g/mol. The van der Waals surface area contributed by atoms with Gasteiger partial charge in [-0.1, -0.05) is 26.0 Å². The fourth-order valence-electron chi connectivity index (χ4n) is 2.68. The van der Waals surface area contributed by atoms with Crippen molar-refractivity contribution < 1.29 is 14.3 Å². The summed E-state index contributed by atoms with van der Waals surface area (Å²) in [6, 6.07) is 5.59. The van der Waals surface area contributed by atoms with E-state index in [1.54, 1.807) is 6.07 Å². The van der Waals surface area contributed by atoms with E-state index in [0.29, 0.717) is 42.7 Å². The molecule has 0 fully saturated rings. The van der Waals surface area contributed by atoms with Crippen LogP contribution in [-0.4, -0.2) is 36.6 Å². The summed E-state index contributed by atoms with van der Waals surface area (Å²) in [5.74, 6) is 1.84. The molecule has 2 heterocycles. The quantitative estimate of drug-likeness (QED) is 0.777. The first-order valence-electron chi connectivity index (χ1n) is 7.04. The van der Waals surface area contributed by atoms with Gasteiger partial charge in [0, 0.05) is 12.1 Å². The first-order valence-corrected chi connectivity index (χ1v) is 7.04. The molecule has 1 aromatic carbocycles. The predicted molar refractivity (Wildman–Crippen MR) is 76.2 cm³/mol. The summed E-state index contributed by atoms with van der Waals surface area (Å²) in [4.78, 5) is 14.5. The molecule has 3 rings (SSSR count). The van der Waals surface area contributed by atoms with Crippen LogP contribution in [0.3, 0.4) is 0 Å². The van der Waals surface area contributed by atoms with Gasteiger partial charge in [0.05, 0.1) is 6.04 Å². The summed E-state index contributed by atoms with van der Waals surface area (Å²) in [6.45, 7) is 6.03. The zero-order valence-electron chi connectivity index (χ0n) is 11.8. The Morgan fingerprint density at radius 1 is 1.25 bits per heavy atom. The normalized spacial score (nSPS) is 20.6. The Morgan fingerprint density at radius 2 is 2.00 bits per heavy atom. The van der Waals surface area contributed by atoms with E-state index in [0.717, 1.165) is 0 Å². The molecule has 2 aliphatic rings. The number of ether oxygens (including phenoxy) is 2. The number of fused-ring (bicyclic) bond motifs is 1. The molecule has 0 unspecified atom stereocenters. The molecular formula is C16H19NO3. The third kappa shape index (κ3) is 2.26. The van der Waals surface area contributed by atoms with E-state index in [2.05, 4.69) is 26.0 Å². The molecule has 1 amide bonds. The average molecular weight is 273 g/mol. The third-order valence-electron chi connectivity index (χ3n) is 3.73. The van der Waals surface area contributed by atoms with Crippen LogP contribution in [0.5, 0.6) is 11.5 Å². The first kappa shape index (κ1) is 13.0. The minimum Gasteiger partial charge on any atom is -0.486 e. The second-order valence-corrected chi connectivity index (χ2v) is 5.48. The minimum absolute atomic E-state index is 0.0469. The van der Waals surface area contributed by atoms with Gasteiger partial charge >= 0.3 is 0 Å². The van der Waals surface area contributed by atoms with Gasteiger partial charge in [-0.2, -0.15) is 0 Å². The van der Waals surface area contributed by atoms with E-state index in [1.807, 2.05) is 17.0 Å². The molecule has 0 aromatic heterocycles. The highest BCUT2D eigenvalue weighted by Gasteiger charge is 2.28. The summed E-state index contributed by atoms with van der Waals surface area (Å²) in [5, 5.41) is 0. The zero-order chi connectivity index (χ0) is 14.1. The lowest BCUT2D eigenvalue weighted by molar-refractivity contribution is 0.0719. The Labute approximate surface area is 119 Å². The van der Waals surface area contributed by atoms with Crippen LogP contribution in [0.2, 0.25) is 0 Å². The highest BCUT2D eigenvalue weighted by molar-refractivity contribution is 5.95. The summed E-state index contributed by atoms with van der Waals surface area (Å²) >= 11 is 0. The van der Waals surface area contributed by atoms with Gasteiger partial charge in [-0.05, 0) is 24.1 Å². The van der Waals surface area contributed by atoms with E-state index >= 15 is 0 Å². The second-order valence-electron chi connectivity index (χ2n) is 5.48. The standard InChI is InChI=1S/C16H19NO3/c1-11(2)13-4-3-7-17(13)16(18)12-5-6-14-15(10-12)20-9-8-19-14/h3-6,10-11,13H,7-9H2,1-2H3/t13-/m1/s1. The lowest BCUT2D eigenvalue weighted by atomic mass is 10.0. The minimum atomic E-state index is 0.0469. The van der Waals surface area contributed by atoms with Crippen molar-refractivity contribution in [2.45, 2.75) is 19.9 Å². The van der Waals surface area contributed by atoms with Crippen LogP contribution in [0.25, 0.3) is 0 Å². The first-order chi connectivity index (χ1) is 9.66. The maximum atomic E-state index is 12.6. The van der Waals surface area contributed by atoms with Gasteiger partial charge in [0.25, 0.3) is 5.91 Å². The molecule has 0 bridgehead atoms. The van der Waals surface area contributed by atoms with E-state index in [4.69, 9.17) is 9.47 Å². The molecule has 0 radical (unpaired) electrons.